The Bertz CT molecular complexity index is 446. The highest BCUT2D eigenvalue weighted by Gasteiger charge is 1.89. The molecule has 74 valence electrons. The molecule has 0 unspecified atom stereocenters. The lowest BCUT2D eigenvalue weighted by molar-refractivity contribution is 0.264. The highest BCUT2D eigenvalue weighted by molar-refractivity contribution is 5.22. The lowest BCUT2D eigenvalue weighted by Gasteiger charge is -1.96. The highest BCUT2D eigenvalue weighted by atomic mass is 16.5. The Morgan fingerprint density at radius 3 is 2.67 bits per heavy atom. The van der Waals surface area contributed by atoms with Crippen molar-refractivity contribution in [2.45, 2.75) is 6.61 Å². The highest BCUT2D eigenvalue weighted by Crippen LogP contribution is 2.00. The summed E-state index contributed by atoms with van der Waals surface area (Å²) in [6, 6.07) is 13.5. The van der Waals surface area contributed by atoms with E-state index in [9.17, 15) is 0 Å². The molecule has 2 heteroatoms. The Morgan fingerprint density at radius 1 is 1.07 bits per heavy atom. The minimum Gasteiger partial charge on any atom is -0.456 e. The summed E-state index contributed by atoms with van der Waals surface area (Å²) < 4.78 is 10.2. The third-order valence-electron chi connectivity index (χ3n) is 1.85. The van der Waals surface area contributed by atoms with Crippen LogP contribution in [0.25, 0.3) is 0 Å². The molecule has 1 heterocycles. The molecule has 0 radical (unpaired) electrons. The quantitative estimate of drug-likeness (QED) is 0.692. The number of furan rings is 1. The second kappa shape index (κ2) is 4.92. The normalized spacial score (nSPS) is 9.07. The summed E-state index contributed by atoms with van der Waals surface area (Å²) in [6.07, 6.45) is 4.18. The van der Waals surface area contributed by atoms with Gasteiger partial charge in [0.25, 0.3) is 0 Å². The van der Waals surface area contributed by atoms with Crippen LogP contribution in [0.3, 0.4) is 0 Å². The topological polar surface area (TPSA) is 22.4 Å². The fourth-order valence-electron chi connectivity index (χ4n) is 1.13. The van der Waals surface area contributed by atoms with Crippen molar-refractivity contribution < 1.29 is 9.15 Å². The first kappa shape index (κ1) is 9.42. The standard InChI is InChI=1S/C13H10O2/c1-2-5-12(6-3-1)11-14-10-8-13-7-4-9-15-13/h1-7,9H,11H2. The van der Waals surface area contributed by atoms with Gasteiger partial charge >= 0.3 is 0 Å². The van der Waals surface area contributed by atoms with E-state index >= 15 is 0 Å². The number of ether oxygens (including phenoxy) is 1. The van der Waals surface area contributed by atoms with Crippen LogP contribution in [0.5, 0.6) is 0 Å². The van der Waals surface area contributed by atoms with Crippen molar-refractivity contribution in [2.24, 2.45) is 0 Å². The number of benzene rings is 1. The van der Waals surface area contributed by atoms with Gasteiger partial charge in [0.2, 0.25) is 0 Å². The minimum atomic E-state index is 0.495. The summed E-state index contributed by atoms with van der Waals surface area (Å²) >= 11 is 0. The van der Waals surface area contributed by atoms with Crippen molar-refractivity contribution in [1.29, 1.82) is 0 Å². The van der Waals surface area contributed by atoms with E-state index in [1.807, 2.05) is 30.3 Å². The average molecular weight is 198 g/mol. The zero-order valence-electron chi connectivity index (χ0n) is 8.14. The van der Waals surface area contributed by atoms with Crippen LogP contribution in [0.15, 0.2) is 53.1 Å². The summed E-state index contributed by atoms with van der Waals surface area (Å²) in [6.45, 7) is 0.495. The third kappa shape index (κ3) is 2.92. The van der Waals surface area contributed by atoms with Gasteiger partial charge in [-0.15, -0.1) is 0 Å². The fraction of sp³-hybridized carbons (Fsp3) is 0.0769. The lowest BCUT2D eigenvalue weighted by Crippen LogP contribution is -1.85. The maximum atomic E-state index is 5.17. The van der Waals surface area contributed by atoms with Crippen molar-refractivity contribution in [3.05, 3.63) is 60.1 Å². The van der Waals surface area contributed by atoms with Gasteiger partial charge in [0, 0.05) is 5.92 Å². The van der Waals surface area contributed by atoms with E-state index in [0.717, 1.165) is 5.56 Å². The summed E-state index contributed by atoms with van der Waals surface area (Å²) in [5, 5.41) is 0. The first-order chi connectivity index (χ1) is 7.45. The van der Waals surface area contributed by atoms with Crippen LogP contribution in [-0.4, -0.2) is 0 Å². The molecular weight excluding hydrogens is 188 g/mol. The molecule has 0 aliphatic heterocycles. The maximum absolute atomic E-state index is 5.17. The molecule has 0 bridgehead atoms. The lowest BCUT2D eigenvalue weighted by atomic mass is 10.2. The van der Waals surface area contributed by atoms with Gasteiger partial charge in [-0.2, -0.15) is 0 Å². The Hall–Kier alpha value is -2.14. The van der Waals surface area contributed by atoms with E-state index in [1.54, 1.807) is 18.4 Å². The van der Waals surface area contributed by atoms with E-state index in [4.69, 9.17) is 9.15 Å². The maximum Gasteiger partial charge on any atom is 0.179 e. The summed E-state index contributed by atoms with van der Waals surface area (Å²) in [5.41, 5.74) is 1.10. The molecule has 0 saturated heterocycles. The van der Waals surface area contributed by atoms with E-state index < -0.39 is 0 Å². The summed E-state index contributed by atoms with van der Waals surface area (Å²) in [5.74, 6) is 3.37. The molecule has 0 saturated carbocycles. The van der Waals surface area contributed by atoms with Crippen LogP contribution in [0.4, 0.5) is 0 Å². The molecule has 0 atom stereocenters. The Kier molecular flexibility index (Phi) is 3.09. The molecule has 0 aliphatic carbocycles. The second-order valence-electron chi connectivity index (χ2n) is 2.98. The van der Waals surface area contributed by atoms with Gasteiger partial charge in [-0.25, -0.2) is 0 Å². The molecule has 0 aliphatic rings. The molecule has 2 nitrogen and oxygen atoms in total. The fourth-order valence-corrected chi connectivity index (χ4v) is 1.13. The predicted octanol–water partition coefficient (Wildman–Crippen LogP) is 2.81. The molecule has 1 aromatic carbocycles. The number of rotatable bonds is 2. The van der Waals surface area contributed by atoms with Crippen molar-refractivity contribution >= 4 is 0 Å². The number of hydrogen-bond donors (Lipinski definition) is 0. The predicted molar refractivity (Wildman–Crippen MR) is 56.8 cm³/mol. The van der Waals surface area contributed by atoms with Crippen molar-refractivity contribution in [3.8, 4) is 12.0 Å². The molecule has 0 spiro atoms. The van der Waals surface area contributed by atoms with E-state index in [-0.39, 0.29) is 0 Å². The summed E-state index contributed by atoms with van der Waals surface area (Å²) in [4.78, 5) is 0. The molecule has 15 heavy (non-hydrogen) atoms. The largest absolute Gasteiger partial charge is 0.456 e. The Balaban J connectivity index is 1.85. The molecular formula is C13H10O2. The van der Waals surface area contributed by atoms with Crippen LogP contribution >= 0.6 is 0 Å². The van der Waals surface area contributed by atoms with E-state index in [1.165, 1.54) is 0 Å². The van der Waals surface area contributed by atoms with Crippen molar-refractivity contribution in [3.63, 3.8) is 0 Å². The molecule has 0 fully saturated rings. The average Bonchev–Trinajstić information content (AvgIpc) is 2.79. The van der Waals surface area contributed by atoms with Crippen LogP contribution in [0.1, 0.15) is 11.3 Å². The molecule has 0 N–H and O–H groups in total. The van der Waals surface area contributed by atoms with Crippen LogP contribution in [-0.2, 0) is 11.3 Å². The first-order valence-electron chi connectivity index (χ1n) is 4.65. The van der Waals surface area contributed by atoms with Crippen molar-refractivity contribution in [1.82, 2.24) is 0 Å². The van der Waals surface area contributed by atoms with Gasteiger partial charge in [0.15, 0.2) is 5.76 Å². The molecule has 2 rings (SSSR count). The van der Waals surface area contributed by atoms with Gasteiger partial charge in [-0.05, 0) is 17.7 Å². The molecule has 2 aromatic rings. The first-order valence-corrected chi connectivity index (χ1v) is 4.65. The third-order valence-corrected chi connectivity index (χ3v) is 1.85. The smallest absolute Gasteiger partial charge is 0.179 e. The summed E-state index contributed by atoms with van der Waals surface area (Å²) in [7, 11) is 0. The van der Waals surface area contributed by atoms with Gasteiger partial charge < -0.3 is 9.15 Å². The van der Waals surface area contributed by atoms with Crippen LogP contribution < -0.4 is 0 Å². The van der Waals surface area contributed by atoms with Gasteiger partial charge in [0.1, 0.15) is 12.7 Å². The molecule has 1 aromatic heterocycles. The van der Waals surface area contributed by atoms with Gasteiger partial charge in [0.05, 0.1) is 6.26 Å². The van der Waals surface area contributed by atoms with E-state index in [2.05, 4.69) is 12.0 Å². The van der Waals surface area contributed by atoms with Gasteiger partial charge in [-0.3, -0.25) is 0 Å². The Labute approximate surface area is 88.5 Å². The second-order valence-corrected chi connectivity index (χ2v) is 2.98. The minimum absolute atomic E-state index is 0.495. The van der Waals surface area contributed by atoms with Crippen LogP contribution in [0, 0.1) is 12.0 Å². The zero-order valence-corrected chi connectivity index (χ0v) is 8.14. The molecule has 0 amide bonds. The SMILES string of the molecule is C(#Cc1ccco1)OCc1ccccc1. The number of hydrogen-bond acceptors (Lipinski definition) is 2. The zero-order chi connectivity index (χ0) is 10.3. The van der Waals surface area contributed by atoms with Gasteiger partial charge in [-0.1, -0.05) is 30.3 Å². The van der Waals surface area contributed by atoms with E-state index in [0.29, 0.717) is 12.4 Å². The van der Waals surface area contributed by atoms with Crippen molar-refractivity contribution in [2.75, 3.05) is 0 Å². The van der Waals surface area contributed by atoms with Crippen LogP contribution in [0.2, 0.25) is 0 Å². The monoisotopic (exact) mass is 198 g/mol. The Morgan fingerprint density at radius 2 is 1.93 bits per heavy atom.